The van der Waals surface area contributed by atoms with Crippen LogP contribution in [-0.4, -0.2) is 16.2 Å². The van der Waals surface area contributed by atoms with Crippen LogP contribution in [0.4, 0.5) is 5.69 Å². The van der Waals surface area contributed by atoms with Crippen LogP contribution in [0.3, 0.4) is 0 Å². The van der Waals surface area contributed by atoms with Gasteiger partial charge in [0.15, 0.2) is 0 Å². The first-order valence-corrected chi connectivity index (χ1v) is 10.3. The van der Waals surface area contributed by atoms with Gasteiger partial charge in [0.25, 0.3) is 0 Å². The monoisotopic (exact) mass is 435 g/mol. The molecule has 0 unspecified atom stereocenters. The molecule has 0 N–H and O–H groups in total. The Hall–Kier alpha value is -3.61. The van der Waals surface area contributed by atoms with Gasteiger partial charge in [0, 0.05) is 23.5 Å². The number of benzene rings is 2. The molecule has 160 valence electrons. The molecule has 0 fully saturated rings. The van der Waals surface area contributed by atoms with Crippen molar-refractivity contribution in [2.75, 3.05) is 4.90 Å². The van der Waals surface area contributed by atoms with Gasteiger partial charge in [-0.2, -0.15) is 10.5 Å². The highest BCUT2D eigenvalue weighted by atomic mass is 35.5. The number of hydrogen-bond acceptors (Lipinski definition) is 6. The highest BCUT2D eigenvalue weighted by molar-refractivity contribution is 6.32. The minimum atomic E-state index is 0.347. The molecule has 0 saturated carbocycles. The number of anilines is 1. The fourth-order valence-electron chi connectivity index (χ4n) is 2.46. The molecule has 1 aromatic heterocycles. The average molecular weight is 436 g/mol. The van der Waals surface area contributed by atoms with Crippen molar-refractivity contribution in [1.29, 1.82) is 10.5 Å². The van der Waals surface area contributed by atoms with E-state index in [0.29, 0.717) is 28.1 Å². The summed E-state index contributed by atoms with van der Waals surface area (Å²) >= 11 is 6.01. The van der Waals surface area contributed by atoms with Crippen LogP contribution < -0.4 is 4.90 Å². The number of hydrogen-bond donors (Lipinski definition) is 0. The van der Waals surface area contributed by atoms with Gasteiger partial charge >= 0.3 is 0 Å². The summed E-state index contributed by atoms with van der Waals surface area (Å²) < 4.78 is 4.99. The number of allylic oxidation sites excluding steroid dienone is 1. The molecule has 7 heteroatoms. The van der Waals surface area contributed by atoms with Crippen molar-refractivity contribution in [1.82, 2.24) is 10.2 Å². The topological polar surface area (TPSA) is 89.7 Å². The lowest BCUT2D eigenvalue weighted by Gasteiger charge is -2.25. The van der Waals surface area contributed by atoms with Crippen LogP contribution >= 0.6 is 11.6 Å². The van der Waals surface area contributed by atoms with E-state index >= 15 is 0 Å². The molecule has 0 aliphatic carbocycles. The third kappa shape index (κ3) is 7.62. The fraction of sp³-hybridized carbons (Fsp3) is 0.250. The Morgan fingerprint density at radius 3 is 2.19 bits per heavy atom. The predicted molar refractivity (Wildman–Crippen MR) is 124 cm³/mol. The van der Waals surface area contributed by atoms with E-state index in [1.165, 1.54) is 6.39 Å². The number of nitrogens with zero attached hydrogens (tertiary/aromatic N) is 5. The highest BCUT2D eigenvalue weighted by Crippen LogP contribution is 2.25. The van der Waals surface area contributed by atoms with Gasteiger partial charge in [0.05, 0.1) is 22.2 Å². The second kappa shape index (κ2) is 13.6. The molecule has 1 heterocycles. The first-order valence-electron chi connectivity index (χ1n) is 9.87. The van der Waals surface area contributed by atoms with Crippen LogP contribution in [0.15, 0.2) is 65.6 Å². The molecular weight excluding hydrogens is 410 g/mol. The lowest BCUT2D eigenvalue weighted by atomic mass is 10.1. The molecule has 0 amide bonds. The van der Waals surface area contributed by atoms with Crippen molar-refractivity contribution in [2.45, 2.75) is 40.7 Å². The molecule has 3 aromatic rings. The van der Waals surface area contributed by atoms with Crippen LogP contribution in [0, 0.1) is 22.7 Å². The molecule has 0 radical (unpaired) electrons. The Morgan fingerprint density at radius 1 is 1.06 bits per heavy atom. The van der Waals surface area contributed by atoms with Crippen molar-refractivity contribution in [2.24, 2.45) is 0 Å². The summed E-state index contributed by atoms with van der Waals surface area (Å²) in [5.41, 5.74) is 2.94. The van der Waals surface area contributed by atoms with Gasteiger partial charge in [-0.05, 0) is 63.2 Å². The van der Waals surface area contributed by atoms with E-state index in [0.717, 1.165) is 11.3 Å². The molecule has 2 aromatic carbocycles. The van der Waals surface area contributed by atoms with Crippen LogP contribution in [0.1, 0.15) is 45.7 Å². The van der Waals surface area contributed by atoms with E-state index in [-0.39, 0.29) is 0 Å². The maximum absolute atomic E-state index is 8.80. The van der Waals surface area contributed by atoms with Crippen molar-refractivity contribution in [3.8, 4) is 23.6 Å². The molecule has 0 atom stereocenters. The molecule has 31 heavy (non-hydrogen) atoms. The van der Waals surface area contributed by atoms with Gasteiger partial charge in [0.2, 0.25) is 12.3 Å². The van der Waals surface area contributed by atoms with Gasteiger partial charge in [-0.15, -0.1) is 10.2 Å². The van der Waals surface area contributed by atoms with E-state index in [2.05, 4.69) is 35.0 Å². The Balaban J connectivity index is 0.000000291. The van der Waals surface area contributed by atoms with Gasteiger partial charge in [-0.3, -0.25) is 0 Å². The number of nitriles is 2. The van der Waals surface area contributed by atoms with Crippen molar-refractivity contribution >= 4 is 17.3 Å². The van der Waals surface area contributed by atoms with Crippen molar-refractivity contribution in [3.05, 3.63) is 77.3 Å². The standard InChI is InChI=1S/C13H15ClN2.C9H5N3O.C2H6/c1-4-7-16(10(2)3)12-6-5-11(9-15)13(14)8-12;10-5-7-1-3-8(4-2-7)9-12-11-6-13-9;1-2/h4-8,10H,1-3H3;1-4,6H;1-2H3/b7-4-;;. The van der Waals surface area contributed by atoms with Crippen LogP contribution in [-0.2, 0) is 0 Å². The maximum Gasteiger partial charge on any atom is 0.247 e. The minimum absolute atomic E-state index is 0.347. The lowest BCUT2D eigenvalue weighted by molar-refractivity contribution is 0.568. The molecule has 0 bridgehead atoms. The summed E-state index contributed by atoms with van der Waals surface area (Å²) in [6, 6.07) is 16.9. The smallest absolute Gasteiger partial charge is 0.247 e. The average Bonchev–Trinajstić information content (AvgIpc) is 3.34. The Labute approximate surface area is 189 Å². The summed E-state index contributed by atoms with van der Waals surface area (Å²) in [5.74, 6) is 0.462. The summed E-state index contributed by atoms with van der Waals surface area (Å²) in [7, 11) is 0. The molecule has 0 aliphatic heterocycles. The summed E-state index contributed by atoms with van der Waals surface area (Å²) in [6.45, 7) is 10.2. The largest absolute Gasteiger partial charge is 0.423 e. The van der Waals surface area contributed by atoms with E-state index < -0.39 is 0 Å². The van der Waals surface area contributed by atoms with Gasteiger partial charge in [0.1, 0.15) is 6.07 Å². The van der Waals surface area contributed by atoms with Gasteiger partial charge in [-0.25, -0.2) is 0 Å². The fourth-order valence-corrected chi connectivity index (χ4v) is 2.68. The second-order valence-electron chi connectivity index (χ2n) is 6.19. The first-order chi connectivity index (χ1) is 15.0. The molecule has 0 aliphatic rings. The third-order valence-electron chi connectivity index (χ3n) is 3.86. The first kappa shape index (κ1) is 25.4. The van der Waals surface area contributed by atoms with Crippen molar-refractivity contribution < 1.29 is 4.42 Å². The molecular formula is C24H26ClN5O. The summed E-state index contributed by atoms with van der Waals surface area (Å²) in [4.78, 5) is 2.10. The van der Waals surface area contributed by atoms with Crippen molar-refractivity contribution in [3.63, 3.8) is 0 Å². The molecule has 6 nitrogen and oxygen atoms in total. The Morgan fingerprint density at radius 2 is 1.74 bits per heavy atom. The van der Waals surface area contributed by atoms with Gasteiger partial charge < -0.3 is 9.32 Å². The Kier molecular flexibility index (Phi) is 11.1. The SMILES string of the molecule is C/C=C\N(c1ccc(C#N)c(Cl)c1)C(C)C.CC.N#Cc1ccc(-c2nnco2)cc1. The Bertz CT molecular complexity index is 1030. The van der Waals surface area contributed by atoms with E-state index in [9.17, 15) is 0 Å². The second-order valence-corrected chi connectivity index (χ2v) is 6.60. The zero-order chi connectivity index (χ0) is 23.2. The number of rotatable bonds is 4. The summed E-state index contributed by atoms with van der Waals surface area (Å²) in [6.07, 6.45) is 5.25. The summed E-state index contributed by atoms with van der Waals surface area (Å²) in [5, 5.41) is 25.2. The number of aromatic nitrogens is 2. The van der Waals surface area contributed by atoms with Crippen LogP contribution in [0.5, 0.6) is 0 Å². The quantitative estimate of drug-likeness (QED) is 0.458. The zero-order valence-electron chi connectivity index (χ0n) is 18.4. The maximum atomic E-state index is 8.80. The molecule has 0 spiro atoms. The lowest BCUT2D eigenvalue weighted by Crippen LogP contribution is -2.24. The molecule has 3 rings (SSSR count). The van der Waals surface area contributed by atoms with E-state index in [1.807, 2.05) is 51.2 Å². The van der Waals surface area contributed by atoms with Crippen LogP contribution in [0.2, 0.25) is 5.02 Å². The minimum Gasteiger partial charge on any atom is -0.423 e. The number of halogens is 1. The van der Waals surface area contributed by atoms with E-state index in [1.54, 1.807) is 30.3 Å². The van der Waals surface area contributed by atoms with Crippen LogP contribution in [0.25, 0.3) is 11.5 Å². The zero-order valence-corrected chi connectivity index (χ0v) is 19.1. The normalized spacial score (nSPS) is 9.71. The van der Waals surface area contributed by atoms with Gasteiger partial charge in [-0.1, -0.05) is 31.5 Å². The van der Waals surface area contributed by atoms with E-state index in [4.69, 9.17) is 26.5 Å². The highest BCUT2D eigenvalue weighted by Gasteiger charge is 2.09. The predicted octanol–water partition coefficient (Wildman–Crippen LogP) is 6.59. The third-order valence-corrected chi connectivity index (χ3v) is 4.17. The molecule has 0 saturated heterocycles.